The van der Waals surface area contributed by atoms with Crippen molar-refractivity contribution >= 4 is 22.8 Å². The first-order valence-corrected chi connectivity index (χ1v) is 4.33. The summed E-state index contributed by atoms with van der Waals surface area (Å²) in [6, 6.07) is 1.63. The van der Waals surface area contributed by atoms with E-state index in [9.17, 15) is 4.79 Å². The third-order valence-electron chi connectivity index (χ3n) is 2.09. The number of rotatable bonds is 1. The van der Waals surface area contributed by atoms with E-state index in [0.29, 0.717) is 28.1 Å². The molecule has 0 fully saturated rings. The molecule has 0 aliphatic carbocycles. The van der Waals surface area contributed by atoms with Crippen LogP contribution < -0.4 is 5.73 Å². The molecule has 2 aromatic rings. The van der Waals surface area contributed by atoms with Gasteiger partial charge in [0.2, 0.25) is 0 Å². The van der Waals surface area contributed by atoms with E-state index in [-0.39, 0.29) is 0 Å². The van der Waals surface area contributed by atoms with Gasteiger partial charge in [0.15, 0.2) is 5.65 Å². The van der Waals surface area contributed by atoms with Gasteiger partial charge in [0.05, 0.1) is 18.1 Å². The molecule has 0 amide bonds. The number of nitrogens with one attached hydrogen (secondary N) is 1. The van der Waals surface area contributed by atoms with Crippen molar-refractivity contribution in [1.29, 1.82) is 0 Å². The second kappa shape index (κ2) is 3.23. The molecule has 0 atom stereocenters. The highest BCUT2D eigenvalue weighted by molar-refractivity contribution is 6.06. The van der Waals surface area contributed by atoms with Gasteiger partial charge in [-0.2, -0.15) is 5.10 Å². The minimum Gasteiger partial charge on any atom is -0.465 e. The van der Waals surface area contributed by atoms with Crippen LogP contribution in [0.5, 0.6) is 0 Å². The van der Waals surface area contributed by atoms with Crippen molar-refractivity contribution in [3.8, 4) is 0 Å². The molecule has 0 unspecified atom stereocenters. The van der Waals surface area contributed by atoms with Crippen LogP contribution in [0.1, 0.15) is 16.1 Å². The van der Waals surface area contributed by atoms with Gasteiger partial charge in [-0.25, -0.2) is 9.78 Å². The zero-order valence-electron chi connectivity index (χ0n) is 8.37. The number of nitrogens with zero attached hydrogens (tertiary/aromatic N) is 2. The van der Waals surface area contributed by atoms with Gasteiger partial charge in [0, 0.05) is 5.69 Å². The first-order valence-electron chi connectivity index (χ1n) is 4.33. The van der Waals surface area contributed by atoms with Crippen LogP contribution in [0.2, 0.25) is 0 Å². The highest BCUT2D eigenvalue weighted by Crippen LogP contribution is 2.22. The van der Waals surface area contributed by atoms with Crippen molar-refractivity contribution in [2.45, 2.75) is 6.92 Å². The predicted molar refractivity (Wildman–Crippen MR) is 54.4 cm³/mol. The van der Waals surface area contributed by atoms with Crippen molar-refractivity contribution in [1.82, 2.24) is 15.2 Å². The molecule has 3 N–H and O–H groups in total. The van der Waals surface area contributed by atoms with Crippen LogP contribution >= 0.6 is 0 Å². The quantitative estimate of drug-likeness (QED) is 0.667. The molecule has 0 saturated carbocycles. The summed E-state index contributed by atoms with van der Waals surface area (Å²) < 4.78 is 4.66. The number of esters is 1. The minimum absolute atomic E-state index is 0.318. The van der Waals surface area contributed by atoms with E-state index in [0.717, 1.165) is 0 Å². The summed E-state index contributed by atoms with van der Waals surface area (Å²) >= 11 is 0. The number of methoxy groups -OCH3 is 1. The number of carbonyl (C=O) groups excluding carboxylic acids is 1. The smallest absolute Gasteiger partial charge is 0.338 e. The molecule has 0 aliphatic heterocycles. The summed E-state index contributed by atoms with van der Waals surface area (Å²) in [6.07, 6.45) is 0. The average molecular weight is 206 g/mol. The molecule has 6 nitrogen and oxygen atoms in total. The van der Waals surface area contributed by atoms with Gasteiger partial charge in [-0.1, -0.05) is 0 Å². The maximum Gasteiger partial charge on any atom is 0.338 e. The minimum atomic E-state index is -0.446. The summed E-state index contributed by atoms with van der Waals surface area (Å²) in [6.45, 7) is 1.77. The summed E-state index contributed by atoms with van der Waals surface area (Å²) in [5.41, 5.74) is 7.15. The molecular weight excluding hydrogens is 196 g/mol. The number of carbonyl (C=O) groups is 1. The Hall–Kier alpha value is -2.11. The number of pyridine rings is 1. The van der Waals surface area contributed by atoms with Crippen LogP contribution in [-0.2, 0) is 4.74 Å². The normalized spacial score (nSPS) is 10.5. The number of hydrogen-bond acceptors (Lipinski definition) is 5. The molecule has 2 heterocycles. The van der Waals surface area contributed by atoms with Crippen LogP contribution in [0, 0.1) is 6.92 Å². The highest BCUT2D eigenvalue weighted by atomic mass is 16.5. The number of aromatic amines is 1. The molecule has 6 heteroatoms. The summed E-state index contributed by atoms with van der Waals surface area (Å²) in [7, 11) is 1.32. The van der Waals surface area contributed by atoms with E-state index >= 15 is 0 Å². The molecule has 0 aromatic carbocycles. The molecule has 0 saturated heterocycles. The third kappa shape index (κ3) is 1.39. The Morgan fingerprint density at radius 2 is 2.33 bits per heavy atom. The fourth-order valence-corrected chi connectivity index (χ4v) is 1.44. The van der Waals surface area contributed by atoms with Gasteiger partial charge in [0.25, 0.3) is 0 Å². The van der Waals surface area contributed by atoms with Crippen molar-refractivity contribution < 1.29 is 9.53 Å². The van der Waals surface area contributed by atoms with Crippen molar-refractivity contribution in [2.24, 2.45) is 0 Å². The second-order valence-electron chi connectivity index (χ2n) is 3.14. The predicted octanol–water partition coefficient (Wildman–Crippen LogP) is 0.635. The van der Waals surface area contributed by atoms with E-state index < -0.39 is 5.97 Å². The Kier molecular flexibility index (Phi) is 2.03. The molecule has 0 aliphatic rings. The summed E-state index contributed by atoms with van der Waals surface area (Å²) in [5, 5.41) is 6.98. The molecule has 2 aromatic heterocycles. The fraction of sp³-hybridized carbons (Fsp3) is 0.222. The molecule has 0 spiro atoms. The summed E-state index contributed by atoms with van der Waals surface area (Å²) in [4.78, 5) is 15.6. The standard InChI is InChI=1S/C9H10N4O2/c1-4-3-5(9(14)15-2)6-7(10)12-13-8(6)11-4/h3H,1-2H3,(H3,10,11,12,13). The van der Waals surface area contributed by atoms with Crippen LogP contribution in [0.15, 0.2) is 6.07 Å². The zero-order valence-corrected chi connectivity index (χ0v) is 8.37. The van der Waals surface area contributed by atoms with Gasteiger partial charge < -0.3 is 10.5 Å². The van der Waals surface area contributed by atoms with Gasteiger partial charge in [0.1, 0.15) is 5.82 Å². The number of aryl methyl sites for hydroxylation is 1. The first-order chi connectivity index (χ1) is 7.13. The Morgan fingerprint density at radius 3 is 3.00 bits per heavy atom. The lowest BCUT2D eigenvalue weighted by molar-refractivity contribution is 0.0603. The number of nitrogens with two attached hydrogens (primary N) is 1. The van der Waals surface area contributed by atoms with Crippen LogP contribution in [0.3, 0.4) is 0 Å². The van der Waals surface area contributed by atoms with Gasteiger partial charge >= 0.3 is 5.97 Å². The largest absolute Gasteiger partial charge is 0.465 e. The van der Waals surface area contributed by atoms with Crippen LogP contribution in [0.4, 0.5) is 5.82 Å². The van der Waals surface area contributed by atoms with Crippen LogP contribution in [-0.4, -0.2) is 28.3 Å². The van der Waals surface area contributed by atoms with Crippen molar-refractivity contribution in [3.63, 3.8) is 0 Å². The maximum absolute atomic E-state index is 11.5. The van der Waals surface area contributed by atoms with Crippen LogP contribution in [0.25, 0.3) is 11.0 Å². The monoisotopic (exact) mass is 206 g/mol. The second-order valence-corrected chi connectivity index (χ2v) is 3.14. The number of ether oxygens (including phenoxy) is 1. The van der Waals surface area contributed by atoms with E-state index in [2.05, 4.69) is 19.9 Å². The van der Waals surface area contributed by atoms with Crippen molar-refractivity contribution in [2.75, 3.05) is 12.8 Å². The molecular formula is C9H10N4O2. The number of anilines is 1. The third-order valence-corrected chi connectivity index (χ3v) is 2.09. The molecule has 0 bridgehead atoms. The van der Waals surface area contributed by atoms with Gasteiger partial charge in [-0.3, -0.25) is 5.10 Å². The van der Waals surface area contributed by atoms with E-state index in [1.165, 1.54) is 7.11 Å². The fourth-order valence-electron chi connectivity index (χ4n) is 1.44. The zero-order chi connectivity index (χ0) is 11.0. The Bertz CT molecular complexity index is 532. The lowest BCUT2D eigenvalue weighted by Crippen LogP contribution is -2.04. The maximum atomic E-state index is 11.5. The number of fused-ring (bicyclic) bond motifs is 1. The molecule has 78 valence electrons. The number of hydrogen-bond donors (Lipinski definition) is 2. The molecule has 0 radical (unpaired) electrons. The molecule has 15 heavy (non-hydrogen) atoms. The first kappa shape index (κ1) is 9.45. The van der Waals surface area contributed by atoms with E-state index in [1.807, 2.05) is 0 Å². The molecule has 2 rings (SSSR count). The van der Waals surface area contributed by atoms with Crippen molar-refractivity contribution in [3.05, 3.63) is 17.3 Å². The van der Waals surface area contributed by atoms with Gasteiger partial charge in [-0.15, -0.1) is 0 Å². The lowest BCUT2D eigenvalue weighted by Gasteiger charge is -2.02. The topological polar surface area (TPSA) is 93.9 Å². The Balaban J connectivity index is 2.80. The van der Waals surface area contributed by atoms with E-state index in [4.69, 9.17) is 5.73 Å². The highest BCUT2D eigenvalue weighted by Gasteiger charge is 2.16. The Morgan fingerprint density at radius 1 is 1.60 bits per heavy atom. The average Bonchev–Trinajstić information content (AvgIpc) is 2.58. The van der Waals surface area contributed by atoms with E-state index in [1.54, 1.807) is 13.0 Å². The lowest BCUT2D eigenvalue weighted by atomic mass is 10.1. The SMILES string of the molecule is COC(=O)c1cc(C)nc2n[nH]c(N)c12. The summed E-state index contributed by atoms with van der Waals surface area (Å²) in [5.74, 6) is -0.128. The number of aromatic nitrogens is 3. The Labute approximate surface area is 85.4 Å². The van der Waals surface area contributed by atoms with Gasteiger partial charge in [-0.05, 0) is 13.0 Å². The number of nitrogen functional groups attached to an aromatic ring is 1. The number of H-pyrrole nitrogens is 1.